The molecule has 25 heavy (non-hydrogen) atoms. The Kier molecular flexibility index (Phi) is 5.20. The maximum atomic E-state index is 11.9. The van der Waals surface area contributed by atoms with Gasteiger partial charge in [0.25, 0.3) is 0 Å². The van der Waals surface area contributed by atoms with Crippen molar-refractivity contribution in [2.45, 2.75) is 6.92 Å². The minimum absolute atomic E-state index is 0.240. The Morgan fingerprint density at radius 2 is 2.04 bits per heavy atom. The molecule has 3 aromatic rings. The van der Waals surface area contributed by atoms with Crippen molar-refractivity contribution in [3.8, 4) is 5.82 Å². The van der Waals surface area contributed by atoms with Crippen LogP contribution in [0, 0.1) is 6.92 Å². The lowest BCUT2D eigenvalue weighted by molar-refractivity contribution is 0.252. The van der Waals surface area contributed by atoms with E-state index in [1.807, 2.05) is 43.5 Å². The summed E-state index contributed by atoms with van der Waals surface area (Å²) in [7, 11) is 0. The van der Waals surface area contributed by atoms with Crippen LogP contribution in [0.1, 0.15) is 5.56 Å². The van der Waals surface area contributed by atoms with E-state index in [0.717, 1.165) is 11.3 Å². The van der Waals surface area contributed by atoms with Crippen molar-refractivity contribution in [2.24, 2.45) is 0 Å². The molecule has 0 unspecified atom stereocenters. The van der Waals surface area contributed by atoms with Crippen molar-refractivity contribution >= 4 is 17.5 Å². The van der Waals surface area contributed by atoms with Crippen LogP contribution in [0.25, 0.3) is 5.82 Å². The molecular weight excluding hydrogens is 318 g/mol. The SMILES string of the molecule is Cc1ccccc1NC(=O)NCCNc1cc(-n2cccn2)ncn1. The van der Waals surface area contributed by atoms with Crippen LogP contribution in [0.2, 0.25) is 0 Å². The van der Waals surface area contributed by atoms with Crippen LogP contribution in [0.4, 0.5) is 16.3 Å². The molecule has 8 nitrogen and oxygen atoms in total. The van der Waals surface area contributed by atoms with Crippen LogP contribution in [0.5, 0.6) is 0 Å². The van der Waals surface area contributed by atoms with Gasteiger partial charge in [-0.15, -0.1) is 0 Å². The Balaban J connectivity index is 1.45. The van der Waals surface area contributed by atoms with Crippen LogP contribution in [-0.4, -0.2) is 38.9 Å². The summed E-state index contributed by atoms with van der Waals surface area (Å²) < 4.78 is 1.65. The number of nitrogens with one attached hydrogen (secondary N) is 3. The molecule has 1 aromatic carbocycles. The number of hydrogen-bond donors (Lipinski definition) is 3. The Morgan fingerprint density at radius 3 is 2.84 bits per heavy atom. The molecule has 128 valence electrons. The van der Waals surface area contributed by atoms with E-state index in [-0.39, 0.29) is 6.03 Å². The summed E-state index contributed by atoms with van der Waals surface area (Å²) in [4.78, 5) is 20.2. The van der Waals surface area contributed by atoms with E-state index >= 15 is 0 Å². The Morgan fingerprint density at radius 1 is 1.16 bits per heavy atom. The zero-order valence-electron chi connectivity index (χ0n) is 13.8. The van der Waals surface area contributed by atoms with E-state index in [1.165, 1.54) is 6.33 Å². The van der Waals surface area contributed by atoms with Crippen LogP contribution >= 0.6 is 0 Å². The smallest absolute Gasteiger partial charge is 0.319 e. The minimum Gasteiger partial charge on any atom is -0.368 e. The molecule has 0 aliphatic heterocycles. The van der Waals surface area contributed by atoms with Gasteiger partial charge >= 0.3 is 6.03 Å². The van der Waals surface area contributed by atoms with Gasteiger partial charge < -0.3 is 16.0 Å². The molecule has 0 saturated heterocycles. The van der Waals surface area contributed by atoms with E-state index in [1.54, 1.807) is 16.9 Å². The number of aryl methyl sites for hydroxylation is 1. The molecule has 3 rings (SSSR count). The van der Waals surface area contributed by atoms with Crippen molar-refractivity contribution in [3.63, 3.8) is 0 Å². The lowest BCUT2D eigenvalue weighted by atomic mass is 10.2. The third-order valence-electron chi connectivity index (χ3n) is 3.50. The van der Waals surface area contributed by atoms with Crippen LogP contribution in [0.3, 0.4) is 0 Å². The van der Waals surface area contributed by atoms with Gasteiger partial charge in [0.2, 0.25) is 0 Å². The summed E-state index contributed by atoms with van der Waals surface area (Å²) >= 11 is 0. The van der Waals surface area contributed by atoms with Crippen molar-refractivity contribution in [1.29, 1.82) is 0 Å². The lowest BCUT2D eigenvalue weighted by Gasteiger charge is -2.10. The summed E-state index contributed by atoms with van der Waals surface area (Å²) in [6.07, 6.45) is 4.97. The average molecular weight is 337 g/mol. The van der Waals surface area contributed by atoms with E-state index in [0.29, 0.717) is 24.7 Å². The highest BCUT2D eigenvalue weighted by Crippen LogP contribution is 2.12. The van der Waals surface area contributed by atoms with Crippen molar-refractivity contribution in [2.75, 3.05) is 23.7 Å². The molecule has 0 radical (unpaired) electrons. The van der Waals surface area contributed by atoms with Crippen LogP contribution in [-0.2, 0) is 0 Å². The molecule has 2 amide bonds. The summed E-state index contributed by atoms with van der Waals surface area (Å²) in [6.45, 7) is 2.94. The predicted molar refractivity (Wildman–Crippen MR) is 95.8 cm³/mol. The molecule has 0 bridgehead atoms. The van der Waals surface area contributed by atoms with Gasteiger partial charge in [0, 0.05) is 37.2 Å². The normalized spacial score (nSPS) is 10.3. The largest absolute Gasteiger partial charge is 0.368 e. The maximum absolute atomic E-state index is 11.9. The third kappa shape index (κ3) is 4.54. The zero-order chi connectivity index (χ0) is 17.5. The van der Waals surface area contributed by atoms with E-state index in [9.17, 15) is 4.79 Å². The first-order valence-corrected chi connectivity index (χ1v) is 7.89. The topological polar surface area (TPSA) is 96.8 Å². The number of carbonyl (C=O) groups is 1. The first-order chi connectivity index (χ1) is 12.2. The fraction of sp³-hybridized carbons (Fsp3) is 0.176. The minimum atomic E-state index is -0.240. The molecule has 8 heteroatoms. The number of nitrogens with zero attached hydrogens (tertiary/aromatic N) is 4. The van der Waals surface area contributed by atoms with Crippen molar-refractivity contribution in [3.05, 3.63) is 60.7 Å². The highest BCUT2D eigenvalue weighted by atomic mass is 16.2. The third-order valence-corrected chi connectivity index (χ3v) is 3.50. The average Bonchev–Trinajstić information content (AvgIpc) is 3.16. The Hall–Kier alpha value is -3.42. The summed E-state index contributed by atoms with van der Waals surface area (Å²) in [5.41, 5.74) is 1.82. The second-order valence-corrected chi connectivity index (χ2v) is 5.33. The van der Waals surface area contributed by atoms with Gasteiger partial charge in [-0.25, -0.2) is 19.4 Å². The second-order valence-electron chi connectivity index (χ2n) is 5.33. The van der Waals surface area contributed by atoms with Gasteiger partial charge in [-0.3, -0.25) is 0 Å². The number of rotatable bonds is 6. The molecule has 2 aromatic heterocycles. The van der Waals surface area contributed by atoms with Gasteiger partial charge in [0.15, 0.2) is 5.82 Å². The molecule has 0 aliphatic rings. The zero-order valence-corrected chi connectivity index (χ0v) is 13.8. The fourth-order valence-corrected chi connectivity index (χ4v) is 2.22. The summed E-state index contributed by atoms with van der Waals surface area (Å²) in [5.74, 6) is 1.34. The Bertz CT molecular complexity index is 833. The maximum Gasteiger partial charge on any atom is 0.319 e. The lowest BCUT2D eigenvalue weighted by Crippen LogP contribution is -2.32. The molecule has 0 spiro atoms. The van der Waals surface area contributed by atoms with Crippen molar-refractivity contribution in [1.82, 2.24) is 25.1 Å². The molecule has 0 fully saturated rings. The van der Waals surface area contributed by atoms with Gasteiger partial charge in [-0.2, -0.15) is 5.10 Å². The molecule has 0 atom stereocenters. The van der Waals surface area contributed by atoms with Gasteiger partial charge in [-0.05, 0) is 24.6 Å². The molecule has 0 saturated carbocycles. The number of amides is 2. The quantitative estimate of drug-likeness (QED) is 0.599. The summed E-state index contributed by atoms with van der Waals surface area (Å²) in [5, 5.41) is 12.9. The Labute approximate surface area is 145 Å². The number of aromatic nitrogens is 4. The fourth-order valence-electron chi connectivity index (χ4n) is 2.22. The van der Waals surface area contributed by atoms with Gasteiger partial charge in [-0.1, -0.05) is 18.2 Å². The number of hydrogen-bond acceptors (Lipinski definition) is 5. The van der Waals surface area contributed by atoms with Crippen LogP contribution < -0.4 is 16.0 Å². The van der Waals surface area contributed by atoms with Crippen molar-refractivity contribution < 1.29 is 4.79 Å². The highest BCUT2D eigenvalue weighted by Gasteiger charge is 2.04. The first kappa shape index (κ1) is 16.4. The number of para-hydroxylation sites is 1. The number of urea groups is 1. The molecular formula is C17H19N7O. The van der Waals surface area contributed by atoms with E-state index < -0.39 is 0 Å². The first-order valence-electron chi connectivity index (χ1n) is 7.89. The molecule has 3 N–H and O–H groups in total. The summed E-state index contributed by atoms with van der Waals surface area (Å²) in [6, 6.07) is 11.0. The number of anilines is 2. The highest BCUT2D eigenvalue weighted by molar-refractivity contribution is 5.90. The molecule has 2 heterocycles. The van der Waals surface area contributed by atoms with Gasteiger partial charge in [0.1, 0.15) is 12.1 Å². The van der Waals surface area contributed by atoms with Crippen LogP contribution in [0.15, 0.2) is 55.1 Å². The van der Waals surface area contributed by atoms with E-state index in [4.69, 9.17) is 0 Å². The monoisotopic (exact) mass is 337 g/mol. The number of carbonyl (C=O) groups excluding carboxylic acids is 1. The second kappa shape index (κ2) is 7.91. The number of benzene rings is 1. The van der Waals surface area contributed by atoms with E-state index in [2.05, 4.69) is 31.0 Å². The molecule has 0 aliphatic carbocycles. The predicted octanol–water partition coefficient (Wildman–Crippen LogP) is 2.20. The van der Waals surface area contributed by atoms with Gasteiger partial charge in [0.05, 0.1) is 0 Å². The standard InChI is InChI=1S/C17H19N7O/c1-13-5-2-3-6-14(13)23-17(25)19-9-8-18-15-11-16(21-12-20-15)24-10-4-7-22-24/h2-7,10-12H,8-9H2,1H3,(H,18,20,21)(H2,19,23,25).